The van der Waals surface area contributed by atoms with E-state index >= 15 is 0 Å². The number of aliphatic imine (C=N–C) groups is 1. The number of aliphatic hydroxyl groups excluding tert-OH is 1. The van der Waals surface area contributed by atoms with Crippen LogP contribution in [0.15, 0.2) is 47.4 Å². The van der Waals surface area contributed by atoms with E-state index in [9.17, 15) is 5.11 Å². The van der Waals surface area contributed by atoms with E-state index in [1.807, 2.05) is 25.1 Å². The van der Waals surface area contributed by atoms with Gasteiger partial charge in [0.15, 0.2) is 0 Å². The van der Waals surface area contributed by atoms with Crippen LogP contribution in [-0.4, -0.2) is 28.0 Å². The van der Waals surface area contributed by atoms with Gasteiger partial charge in [-0.1, -0.05) is 18.7 Å². The molecule has 3 rings (SSSR count). The lowest BCUT2D eigenvalue weighted by atomic mass is 10.0. The van der Waals surface area contributed by atoms with Crippen molar-refractivity contribution in [2.45, 2.75) is 6.92 Å². The molecule has 0 saturated heterocycles. The first kappa shape index (κ1) is 15.9. The topological polar surface area (TPSA) is 110 Å². The van der Waals surface area contributed by atoms with Crippen molar-refractivity contribution in [2.75, 3.05) is 12.8 Å². The number of nitrogens with two attached hydrogens (primary N) is 2. The Morgan fingerprint density at radius 1 is 1.33 bits per heavy atom. The van der Waals surface area contributed by atoms with Gasteiger partial charge in [-0.3, -0.25) is 4.99 Å². The number of nitrogens with zero attached hydrogens (tertiary/aromatic N) is 3. The van der Waals surface area contributed by atoms with Gasteiger partial charge in [-0.25, -0.2) is 9.97 Å². The lowest BCUT2D eigenvalue weighted by Gasteiger charge is -2.09. The number of rotatable bonds is 3. The quantitative estimate of drug-likeness (QED) is 0.293. The van der Waals surface area contributed by atoms with Gasteiger partial charge in [0.1, 0.15) is 23.7 Å². The monoisotopic (exact) mass is 339 g/mol. The minimum absolute atomic E-state index is 0.0258. The third-order valence-corrected chi connectivity index (χ3v) is 5.07. The second kappa shape index (κ2) is 5.93. The van der Waals surface area contributed by atoms with E-state index < -0.39 is 0 Å². The summed E-state index contributed by atoms with van der Waals surface area (Å²) >= 11 is 1.53. The standard InChI is InChI=1S/C17H17N5OS/c1-8(14(23)9(2)16(18)20-3)10-4-5-11-12(6-10)24-15-13(11)21-7-22-17(15)19/h4-7,23H,2H2,1,3H3,(H2,18,20)(H2,19,21,22)/b14-8-. The predicted octanol–water partition coefficient (Wildman–Crippen LogP) is 3.26. The molecule has 0 aliphatic heterocycles. The van der Waals surface area contributed by atoms with Gasteiger partial charge in [-0.15, -0.1) is 11.3 Å². The van der Waals surface area contributed by atoms with Crippen LogP contribution < -0.4 is 11.5 Å². The number of nitrogen functional groups attached to an aromatic ring is 1. The Morgan fingerprint density at radius 2 is 2.08 bits per heavy atom. The molecular weight excluding hydrogens is 322 g/mol. The van der Waals surface area contributed by atoms with E-state index in [0.717, 1.165) is 25.9 Å². The van der Waals surface area contributed by atoms with Crippen LogP contribution in [0, 0.1) is 0 Å². The lowest BCUT2D eigenvalue weighted by molar-refractivity contribution is 0.430. The van der Waals surface area contributed by atoms with Gasteiger partial charge >= 0.3 is 0 Å². The maximum atomic E-state index is 10.4. The van der Waals surface area contributed by atoms with E-state index in [2.05, 4.69) is 21.5 Å². The molecule has 0 aliphatic rings. The zero-order chi connectivity index (χ0) is 17.4. The summed E-state index contributed by atoms with van der Waals surface area (Å²) in [7, 11) is 1.55. The maximum Gasteiger partial charge on any atom is 0.144 e. The molecule has 2 aromatic heterocycles. The molecular formula is C17H17N5OS. The third-order valence-electron chi connectivity index (χ3n) is 3.90. The molecule has 0 amide bonds. The fourth-order valence-electron chi connectivity index (χ4n) is 2.44. The number of hydrogen-bond acceptors (Lipinski definition) is 6. The number of amidine groups is 1. The van der Waals surface area contributed by atoms with Crippen LogP contribution in [0.3, 0.4) is 0 Å². The van der Waals surface area contributed by atoms with Crippen molar-refractivity contribution < 1.29 is 5.11 Å². The van der Waals surface area contributed by atoms with Crippen molar-refractivity contribution in [3.8, 4) is 0 Å². The smallest absolute Gasteiger partial charge is 0.144 e. The van der Waals surface area contributed by atoms with E-state index in [-0.39, 0.29) is 11.6 Å². The van der Waals surface area contributed by atoms with Crippen LogP contribution in [0.25, 0.3) is 25.9 Å². The van der Waals surface area contributed by atoms with Gasteiger partial charge in [0.25, 0.3) is 0 Å². The van der Waals surface area contributed by atoms with Crippen LogP contribution in [0.1, 0.15) is 12.5 Å². The van der Waals surface area contributed by atoms with Gasteiger partial charge in [0, 0.05) is 17.1 Å². The summed E-state index contributed by atoms with van der Waals surface area (Å²) < 4.78 is 1.88. The van der Waals surface area contributed by atoms with Crippen LogP contribution in [0.4, 0.5) is 5.82 Å². The van der Waals surface area contributed by atoms with Gasteiger partial charge in [0.2, 0.25) is 0 Å². The van der Waals surface area contributed by atoms with Crippen LogP contribution in [-0.2, 0) is 0 Å². The summed E-state index contributed by atoms with van der Waals surface area (Å²) in [6.07, 6.45) is 1.46. The summed E-state index contributed by atoms with van der Waals surface area (Å²) in [5, 5.41) is 11.4. The molecule has 0 saturated carbocycles. The van der Waals surface area contributed by atoms with Crippen molar-refractivity contribution in [1.82, 2.24) is 9.97 Å². The Balaban J connectivity index is 2.16. The summed E-state index contributed by atoms with van der Waals surface area (Å²) in [5.74, 6) is 0.703. The molecule has 0 bridgehead atoms. The largest absolute Gasteiger partial charge is 0.507 e. The number of allylic oxidation sites excluding steroid dienone is 1. The number of aromatic nitrogens is 2. The molecule has 7 heteroatoms. The molecule has 0 unspecified atom stereocenters. The van der Waals surface area contributed by atoms with Crippen LogP contribution in [0.5, 0.6) is 0 Å². The molecule has 3 aromatic rings. The average molecular weight is 339 g/mol. The first-order chi connectivity index (χ1) is 11.4. The minimum Gasteiger partial charge on any atom is -0.507 e. The molecule has 24 heavy (non-hydrogen) atoms. The highest BCUT2D eigenvalue weighted by Crippen LogP contribution is 2.36. The molecule has 6 nitrogen and oxygen atoms in total. The fraction of sp³-hybridized carbons (Fsp3) is 0.118. The predicted molar refractivity (Wildman–Crippen MR) is 101 cm³/mol. The molecule has 0 aliphatic carbocycles. The molecule has 0 radical (unpaired) electrons. The highest BCUT2D eigenvalue weighted by atomic mass is 32.1. The number of aliphatic hydroxyl groups is 1. The molecule has 2 heterocycles. The van der Waals surface area contributed by atoms with Crippen LogP contribution in [0.2, 0.25) is 0 Å². The zero-order valence-corrected chi connectivity index (χ0v) is 14.2. The van der Waals surface area contributed by atoms with Crippen molar-refractivity contribution in [3.63, 3.8) is 0 Å². The minimum atomic E-state index is 0.0258. The third kappa shape index (κ3) is 2.48. The van der Waals surface area contributed by atoms with Crippen molar-refractivity contribution in [2.24, 2.45) is 10.7 Å². The Kier molecular flexibility index (Phi) is 3.94. The van der Waals surface area contributed by atoms with Crippen molar-refractivity contribution in [3.05, 3.63) is 48.0 Å². The average Bonchev–Trinajstić information content (AvgIpc) is 2.98. The summed E-state index contributed by atoms with van der Waals surface area (Å²) in [4.78, 5) is 12.2. The van der Waals surface area contributed by atoms with Crippen molar-refractivity contribution >= 4 is 48.9 Å². The van der Waals surface area contributed by atoms with Gasteiger partial charge < -0.3 is 16.6 Å². The molecule has 5 N–H and O–H groups in total. The number of fused-ring (bicyclic) bond motifs is 3. The van der Waals surface area contributed by atoms with Gasteiger partial charge in [-0.2, -0.15) is 0 Å². The van der Waals surface area contributed by atoms with Crippen LogP contribution >= 0.6 is 11.3 Å². The number of benzene rings is 1. The van der Waals surface area contributed by atoms with E-state index in [4.69, 9.17) is 11.5 Å². The van der Waals surface area contributed by atoms with Gasteiger partial charge in [0.05, 0.1) is 15.8 Å². The summed E-state index contributed by atoms with van der Waals surface area (Å²) in [6.45, 7) is 5.60. The first-order valence-electron chi connectivity index (χ1n) is 7.19. The number of hydrogen-bond donors (Lipinski definition) is 3. The molecule has 0 atom stereocenters. The van der Waals surface area contributed by atoms with E-state index in [1.54, 1.807) is 7.05 Å². The van der Waals surface area contributed by atoms with Crippen molar-refractivity contribution in [1.29, 1.82) is 0 Å². The molecule has 0 spiro atoms. The molecule has 1 aromatic carbocycles. The Labute approximate surface area is 142 Å². The molecule has 0 fully saturated rings. The summed E-state index contributed by atoms with van der Waals surface area (Å²) in [5.41, 5.74) is 14.3. The summed E-state index contributed by atoms with van der Waals surface area (Å²) in [6, 6.07) is 5.87. The SMILES string of the molecule is C=C(C(N)=NC)/C(O)=C(\C)c1ccc2c(c1)sc1c(N)ncnc12. The number of thiophene rings is 1. The highest BCUT2D eigenvalue weighted by Gasteiger charge is 2.13. The van der Waals surface area contributed by atoms with Gasteiger partial charge in [-0.05, 0) is 24.1 Å². The van der Waals surface area contributed by atoms with E-state index in [1.165, 1.54) is 17.7 Å². The Morgan fingerprint density at radius 3 is 2.79 bits per heavy atom. The maximum absolute atomic E-state index is 10.4. The lowest BCUT2D eigenvalue weighted by Crippen LogP contribution is -2.15. The fourth-order valence-corrected chi connectivity index (χ4v) is 3.54. The van der Waals surface area contributed by atoms with E-state index in [0.29, 0.717) is 17.0 Å². The Hall–Kier alpha value is -2.93. The zero-order valence-electron chi connectivity index (χ0n) is 13.4. The molecule has 122 valence electrons. The Bertz CT molecular complexity index is 1030. The first-order valence-corrected chi connectivity index (χ1v) is 8.00. The second-order valence-corrected chi connectivity index (χ2v) is 6.36. The normalized spacial score (nSPS) is 13.3. The highest BCUT2D eigenvalue weighted by molar-refractivity contribution is 7.26. The second-order valence-electron chi connectivity index (χ2n) is 5.31. The number of anilines is 1.